The van der Waals surface area contributed by atoms with Crippen molar-refractivity contribution in [3.8, 4) is 0 Å². The number of imidazole rings is 1. The maximum absolute atomic E-state index is 12.2. The lowest BCUT2D eigenvalue weighted by molar-refractivity contribution is -0.139. The number of hydrogen-bond acceptors (Lipinski definition) is 6. The minimum Gasteiger partial charge on any atom is -0.454 e. The summed E-state index contributed by atoms with van der Waals surface area (Å²) in [5.74, 6) is -0.117. The van der Waals surface area contributed by atoms with E-state index in [2.05, 4.69) is 9.97 Å². The molecule has 3 heterocycles. The van der Waals surface area contributed by atoms with Gasteiger partial charge in [0.15, 0.2) is 11.2 Å². The van der Waals surface area contributed by atoms with Crippen LogP contribution in [0.4, 0.5) is 0 Å². The van der Waals surface area contributed by atoms with Crippen molar-refractivity contribution in [3.63, 3.8) is 0 Å². The molecule has 3 aromatic heterocycles. The van der Waals surface area contributed by atoms with Crippen LogP contribution >= 0.6 is 11.3 Å². The maximum Gasteiger partial charge on any atom is 0.331 e. The van der Waals surface area contributed by atoms with Gasteiger partial charge in [0, 0.05) is 19.7 Å². The zero-order valence-corrected chi connectivity index (χ0v) is 15.9. The highest BCUT2D eigenvalue weighted by Gasteiger charge is 2.17. The predicted octanol–water partition coefficient (Wildman–Crippen LogP) is 2.04. The lowest BCUT2D eigenvalue weighted by Gasteiger charge is -2.04. The van der Waals surface area contributed by atoms with Crippen LogP contribution in [0.15, 0.2) is 32.5 Å². The van der Waals surface area contributed by atoms with Gasteiger partial charge >= 0.3 is 11.7 Å². The summed E-state index contributed by atoms with van der Waals surface area (Å²) in [6.07, 6.45) is 4.70. The number of nitrogens with zero attached hydrogens (tertiary/aromatic N) is 3. The molecule has 8 nitrogen and oxygen atoms in total. The van der Waals surface area contributed by atoms with Crippen LogP contribution in [-0.4, -0.2) is 25.1 Å². The molecule has 0 bridgehead atoms. The first-order chi connectivity index (χ1) is 13.0. The van der Waals surface area contributed by atoms with Crippen molar-refractivity contribution in [3.05, 3.63) is 55.1 Å². The van der Waals surface area contributed by atoms with Gasteiger partial charge in [-0.05, 0) is 34.9 Å². The van der Waals surface area contributed by atoms with Gasteiger partial charge in [-0.2, -0.15) is 11.3 Å². The van der Waals surface area contributed by atoms with Crippen molar-refractivity contribution in [1.82, 2.24) is 19.1 Å². The van der Waals surface area contributed by atoms with Crippen LogP contribution in [-0.2, 0) is 29.7 Å². The number of rotatable bonds is 7. The van der Waals surface area contributed by atoms with Crippen molar-refractivity contribution in [2.45, 2.75) is 32.9 Å². The number of nitrogens with one attached hydrogen (secondary N) is 1. The van der Waals surface area contributed by atoms with Gasteiger partial charge in [-0.3, -0.25) is 14.3 Å². The van der Waals surface area contributed by atoms with Crippen molar-refractivity contribution >= 4 is 34.5 Å². The number of aryl methyl sites for hydroxylation is 2. The molecular formula is C18H20N4O4S. The largest absolute Gasteiger partial charge is 0.454 e. The van der Waals surface area contributed by atoms with Crippen LogP contribution in [0.1, 0.15) is 31.2 Å². The second-order valence-corrected chi connectivity index (χ2v) is 6.80. The lowest BCUT2D eigenvalue weighted by atomic mass is 10.3. The number of ether oxygens (including phenoxy) is 1. The Morgan fingerprint density at radius 2 is 2.22 bits per heavy atom. The van der Waals surface area contributed by atoms with Crippen LogP contribution in [0.3, 0.4) is 0 Å². The Balaban J connectivity index is 1.83. The molecule has 0 amide bonds. The third kappa shape index (κ3) is 4.08. The SMILES string of the molecule is CCCCn1c(=O)[nH]c(=O)c2c1nc(COC(=O)/C=C/c1ccsc1)n2C. The Morgan fingerprint density at radius 3 is 2.93 bits per heavy atom. The molecule has 0 unspecified atom stereocenters. The normalized spacial score (nSPS) is 11.5. The number of fused-ring (bicyclic) bond motifs is 1. The van der Waals surface area contributed by atoms with Crippen LogP contribution in [0.5, 0.6) is 0 Å². The summed E-state index contributed by atoms with van der Waals surface area (Å²) in [4.78, 5) is 42.9. The first kappa shape index (κ1) is 18.8. The molecular weight excluding hydrogens is 368 g/mol. The standard InChI is InChI=1S/C18H20N4O4S/c1-3-4-8-22-16-15(17(24)20-18(22)25)21(2)13(19-16)10-26-14(23)6-5-12-7-9-27-11-12/h5-7,9,11H,3-4,8,10H2,1-2H3,(H,20,24,25)/b6-5+. The number of H-pyrrole nitrogens is 1. The van der Waals surface area contributed by atoms with E-state index in [1.165, 1.54) is 22.0 Å². The monoisotopic (exact) mass is 388 g/mol. The minimum atomic E-state index is -0.509. The van der Waals surface area contributed by atoms with Gasteiger partial charge in [0.2, 0.25) is 0 Å². The van der Waals surface area contributed by atoms with Crippen molar-refractivity contribution in [1.29, 1.82) is 0 Å². The van der Waals surface area contributed by atoms with Crippen molar-refractivity contribution < 1.29 is 9.53 Å². The van der Waals surface area contributed by atoms with Crippen molar-refractivity contribution in [2.75, 3.05) is 0 Å². The van der Waals surface area contributed by atoms with E-state index in [9.17, 15) is 14.4 Å². The lowest BCUT2D eigenvalue weighted by Crippen LogP contribution is -2.31. The van der Waals surface area contributed by atoms with E-state index in [0.29, 0.717) is 18.0 Å². The summed E-state index contributed by atoms with van der Waals surface area (Å²) in [6.45, 7) is 2.38. The van der Waals surface area contributed by atoms with Gasteiger partial charge in [-0.25, -0.2) is 14.6 Å². The fraction of sp³-hybridized carbons (Fsp3) is 0.333. The molecule has 142 valence electrons. The molecule has 0 saturated heterocycles. The summed E-state index contributed by atoms with van der Waals surface area (Å²) in [6, 6.07) is 1.89. The molecule has 0 radical (unpaired) electrons. The Bertz CT molecular complexity index is 1090. The summed E-state index contributed by atoms with van der Waals surface area (Å²) in [7, 11) is 1.66. The molecule has 0 aliphatic rings. The van der Waals surface area contributed by atoms with Gasteiger partial charge in [0.1, 0.15) is 12.4 Å². The zero-order valence-electron chi connectivity index (χ0n) is 15.1. The molecule has 0 aliphatic heterocycles. The first-order valence-corrected chi connectivity index (χ1v) is 9.51. The molecule has 0 aromatic carbocycles. The van der Waals surface area contributed by atoms with E-state index in [1.54, 1.807) is 17.7 Å². The molecule has 0 fully saturated rings. The van der Waals surface area contributed by atoms with E-state index >= 15 is 0 Å². The molecule has 0 atom stereocenters. The van der Waals surface area contributed by atoms with Gasteiger partial charge in [-0.1, -0.05) is 13.3 Å². The first-order valence-electron chi connectivity index (χ1n) is 8.56. The molecule has 0 aliphatic carbocycles. The fourth-order valence-electron chi connectivity index (χ4n) is 2.66. The maximum atomic E-state index is 12.2. The van der Waals surface area contributed by atoms with E-state index in [0.717, 1.165) is 18.4 Å². The topological polar surface area (TPSA) is 99.0 Å². The highest BCUT2D eigenvalue weighted by Crippen LogP contribution is 2.12. The van der Waals surface area contributed by atoms with Gasteiger partial charge in [0.25, 0.3) is 5.56 Å². The van der Waals surface area contributed by atoms with E-state index < -0.39 is 17.2 Å². The number of carbonyl (C=O) groups is 1. The molecule has 3 aromatic rings. The third-order valence-electron chi connectivity index (χ3n) is 4.14. The number of aromatic nitrogens is 4. The minimum absolute atomic E-state index is 0.0978. The second-order valence-electron chi connectivity index (χ2n) is 6.02. The highest BCUT2D eigenvalue weighted by molar-refractivity contribution is 7.08. The fourth-order valence-corrected chi connectivity index (χ4v) is 3.29. The Labute approximate surface area is 158 Å². The summed E-state index contributed by atoms with van der Waals surface area (Å²) < 4.78 is 8.22. The predicted molar refractivity (Wildman–Crippen MR) is 104 cm³/mol. The Kier molecular flexibility index (Phi) is 5.70. The van der Waals surface area contributed by atoms with Gasteiger partial charge < -0.3 is 9.30 Å². The van der Waals surface area contributed by atoms with Crippen LogP contribution in [0, 0.1) is 0 Å². The summed E-state index contributed by atoms with van der Waals surface area (Å²) in [5, 5.41) is 3.83. The summed E-state index contributed by atoms with van der Waals surface area (Å²) >= 11 is 1.54. The molecule has 3 rings (SSSR count). The number of thiophene rings is 1. The van der Waals surface area contributed by atoms with Gasteiger partial charge in [0.05, 0.1) is 0 Å². The molecule has 0 saturated carbocycles. The molecule has 27 heavy (non-hydrogen) atoms. The molecule has 9 heteroatoms. The van der Waals surface area contributed by atoms with E-state index in [4.69, 9.17) is 4.74 Å². The number of unbranched alkanes of at least 4 members (excludes halogenated alkanes) is 1. The number of carbonyl (C=O) groups excluding carboxylic acids is 1. The second kappa shape index (κ2) is 8.17. The zero-order chi connectivity index (χ0) is 19.4. The highest BCUT2D eigenvalue weighted by atomic mass is 32.1. The smallest absolute Gasteiger partial charge is 0.331 e. The van der Waals surface area contributed by atoms with E-state index in [-0.39, 0.29) is 12.1 Å². The van der Waals surface area contributed by atoms with Crippen LogP contribution in [0.2, 0.25) is 0 Å². The number of esters is 1. The Hall–Kier alpha value is -2.94. The molecule has 0 spiro atoms. The van der Waals surface area contributed by atoms with Crippen molar-refractivity contribution in [2.24, 2.45) is 7.05 Å². The number of hydrogen-bond donors (Lipinski definition) is 1. The third-order valence-corrected chi connectivity index (χ3v) is 4.84. The number of aromatic amines is 1. The van der Waals surface area contributed by atoms with Crippen LogP contribution in [0.25, 0.3) is 17.2 Å². The van der Waals surface area contributed by atoms with Gasteiger partial charge in [-0.15, -0.1) is 0 Å². The van der Waals surface area contributed by atoms with E-state index in [1.807, 2.05) is 23.8 Å². The van der Waals surface area contributed by atoms with Crippen LogP contribution < -0.4 is 11.2 Å². The quantitative estimate of drug-likeness (QED) is 0.493. The summed E-state index contributed by atoms with van der Waals surface area (Å²) in [5.41, 5.74) is 0.519. The molecule has 1 N–H and O–H groups in total. The average molecular weight is 388 g/mol. The average Bonchev–Trinajstić information content (AvgIpc) is 3.26. The Morgan fingerprint density at radius 1 is 1.41 bits per heavy atom.